The van der Waals surface area contributed by atoms with E-state index in [0.717, 1.165) is 24.5 Å². The van der Waals surface area contributed by atoms with Crippen LogP contribution in [-0.2, 0) is 0 Å². The first-order chi connectivity index (χ1) is 10.7. The Kier molecular flexibility index (Phi) is 5.16. The molecule has 0 amide bonds. The summed E-state index contributed by atoms with van der Waals surface area (Å²) >= 11 is 0. The molecule has 22 heavy (non-hydrogen) atoms. The summed E-state index contributed by atoms with van der Waals surface area (Å²) in [6, 6.07) is 14.6. The zero-order chi connectivity index (χ0) is 15.9. The van der Waals surface area contributed by atoms with Gasteiger partial charge in [-0.2, -0.15) is 5.26 Å². The molecule has 0 saturated heterocycles. The van der Waals surface area contributed by atoms with Crippen LogP contribution in [0.4, 0.5) is 11.4 Å². The third kappa shape index (κ3) is 3.64. The van der Waals surface area contributed by atoms with Crippen molar-refractivity contribution in [3.63, 3.8) is 0 Å². The molecule has 0 fully saturated rings. The number of benzene rings is 2. The van der Waals surface area contributed by atoms with Gasteiger partial charge in [-0.3, -0.25) is 4.99 Å². The average molecular weight is 293 g/mol. The minimum absolute atomic E-state index is 0.210. The van der Waals surface area contributed by atoms with E-state index in [9.17, 15) is 5.11 Å². The van der Waals surface area contributed by atoms with Crippen molar-refractivity contribution in [3.8, 4) is 11.8 Å². The van der Waals surface area contributed by atoms with Crippen LogP contribution >= 0.6 is 0 Å². The second kappa shape index (κ2) is 7.28. The molecule has 1 N–H and O–H groups in total. The van der Waals surface area contributed by atoms with Crippen molar-refractivity contribution < 1.29 is 5.11 Å². The second-order valence-corrected chi connectivity index (χ2v) is 4.83. The van der Waals surface area contributed by atoms with E-state index in [1.54, 1.807) is 36.5 Å². The summed E-state index contributed by atoms with van der Waals surface area (Å²) in [6.45, 7) is 5.96. The van der Waals surface area contributed by atoms with Gasteiger partial charge in [0.25, 0.3) is 0 Å². The molecule has 0 aliphatic heterocycles. The summed E-state index contributed by atoms with van der Waals surface area (Å²) in [6.07, 6.45) is 1.63. The molecule has 2 rings (SSSR count). The van der Waals surface area contributed by atoms with Gasteiger partial charge in [0.05, 0.1) is 17.3 Å². The quantitative estimate of drug-likeness (QED) is 0.851. The number of nitrogens with zero attached hydrogens (tertiary/aromatic N) is 3. The van der Waals surface area contributed by atoms with Gasteiger partial charge in [0.1, 0.15) is 5.75 Å². The van der Waals surface area contributed by atoms with Crippen LogP contribution in [0.5, 0.6) is 5.75 Å². The Morgan fingerprint density at radius 3 is 2.36 bits per heavy atom. The van der Waals surface area contributed by atoms with E-state index in [2.05, 4.69) is 29.8 Å². The fourth-order valence-electron chi connectivity index (χ4n) is 2.19. The fourth-order valence-corrected chi connectivity index (χ4v) is 2.19. The summed E-state index contributed by atoms with van der Waals surface area (Å²) in [5, 5.41) is 18.9. The van der Waals surface area contributed by atoms with Gasteiger partial charge < -0.3 is 10.0 Å². The summed E-state index contributed by atoms with van der Waals surface area (Å²) in [7, 11) is 0. The van der Waals surface area contributed by atoms with Gasteiger partial charge in [-0.25, -0.2) is 0 Å². The number of rotatable bonds is 5. The molecule has 2 aromatic rings. The molecule has 0 atom stereocenters. The highest BCUT2D eigenvalue weighted by Gasteiger charge is 2.05. The molecule has 0 radical (unpaired) electrons. The molecule has 0 aromatic heterocycles. The molecule has 0 spiro atoms. The van der Waals surface area contributed by atoms with Crippen molar-refractivity contribution in [1.29, 1.82) is 5.26 Å². The van der Waals surface area contributed by atoms with Crippen molar-refractivity contribution in [2.45, 2.75) is 13.8 Å². The molecule has 0 saturated carbocycles. The van der Waals surface area contributed by atoms with E-state index in [4.69, 9.17) is 5.26 Å². The standard InChI is InChI=1S/C18H19N3O/c1-3-21(4-2)17-10-7-15(18(22)11-17)13-20-16-8-5-14(12-19)6-9-16/h5-11,13,22H,3-4H2,1-2H3. The van der Waals surface area contributed by atoms with E-state index < -0.39 is 0 Å². The average Bonchev–Trinajstić information content (AvgIpc) is 2.55. The number of phenols is 1. The second-order valence-electron chi connectivity index (χ2n) is 4.83. The largest absolute Gasteiger partial charge is 0.507 e. The Labute approximate surface area is 131 Å². The minimum atomic E-state index is 0.210. The predicted molar refractivity (Wildman–Crippen MR) is 90.1 cm³/mol. The van der Waals surface area contributed by atoms with Crippen molar-refractivity contribution in [3.05, 3.63) is 53.6 Å². The number of hydrogen-bond acceptors (Lipinski definition) is 4. The Balaban J connectivity index is 2.19. The van der Waals surface area contributed by atoms with Crippen LogP contribution < -0.4 is 4.90 Å². The Morgan fingerprint density at radius 2 is 1.82 bits per heavy atom. The summed E-state index contributed by atoms with van der Waals surface area (Å²) < 4.78 is 0. The van der Waals surface area contributed by atoms with E-state index in [-0.39, 0.29) is 5.75 Å². The van der Waals surface area contributed by atoms with Crippen molar-refractivity contribution >= 4 is 17.6 Å². The normalized spacial score (nSPS) is 10.6. The maximum atomic E-state index is 10.1. The summed E-state index contributed by atoms with van der Waals surface area (Å²) in [4.78, 5) is 6.49. The van der Waals surface area contributed by atoms with Gasteiger partial charge in [0.2, 0.25) is 0 Å². The predicted octanol–water partition coefficient (Wildman–Crippen LogP) is 3.86. The Bertz CT molecular complexity index is 695. The first kappa shape index (κ1) is 15.6. The molecule has 0 aliphatic rings. The van der Waals surface area contributed by atoms with Crippen LogP contribution in [0, 0.1) is 11.3 Å². The lowest BCUT2D eigenvalue weighted by molar-refractivity contribution is 0.474. The number of phenolic OH excluding ortho intramolecular Hbond substituents is 1. The highest BCUT2D eigenvalue weighted by atomic mass is 16.3. The van der Waals surface area contributed by atoms with Gasteiger partial charge in [-0.05, 0) is 50.2 Å². The molecule has 4 heteroatoms. The fraction of sp³-hybridized carbons (Fsp3) is 0.222. The van der Waals surface area contributed by atoms with Crippen molar-refractivity contribution in [2.75, 3.05) is 18.0 Å². The number of anilines is 1. The van der Waals surface area contributed by atoms with Crippen LogP contribution in [0.2, 0.25) is 0 Å². The first-order valence-corrected chi connectivity index (χ1v) is 7.30. The molecule has 2 aromatic carbocycles. The van der Waals surface area contributed by atoms with Gasteiger partial charge in [0.15, 0.2) is 0 Å². The smallest absolute Gasteiger partial charge is 0.126 e. The Hall–Kier alpha value is -2.80. The van der Waals surface area contributed by atoms with Gasteiger partial charge in [-0.1, -0.05) is 0 Å². The number of hydrogen-bond donors (Lipinski definition) is 1. The lowest BCUT2D eigenvalue weighted by atomic mass is 10.1. The van der Waals surface area contributed by atoms with E-state index in [0.29, 0.717) is 11.1 Å². The summed E-state index contributed by atoms with van der Waals surface area (Å²) in [5.41, 5.74) is 3.01. The monoisotopic (exact) mass is 293 g/mol. The van der Waals surface area contributed by atoms with Gasteiger partial charge >= 0.3 is 0 Å². The van der Waals surface area contributed by atoms with Gasteiger partial charge in [0, 0.05) is 36.6 Å². The van der Waals surface area contributed by atoms with Crippen LogP contribution in [0.15, 0.2) is 47.5 Å². The van der Waals surface area contributed by atoms with E-state index >= 15 is 0 Å². The summed E-state index contributed by atoms with van der Waals surface area (Å²) in [5.74, 6) is 0.210. The topological polar surface area (TPSA) is 59.6 Å². The van der Waals surface area contributed by atoms with Crippen LogP contribution in [0.25, 0.3) is 0 Å². The minimum Gasteiger partial charge on any atom is -0.507 e. The molecule has 4 nitrogen and oxygen atoms in total. The number of aromatic hydroxyl groups is 1. The lowest BCUT2D eigenvalue weighted by Crippen LogP contribution is -2.21. The van der Waals surface area contributed by atoms with Crippen LogP contribution in [-0.4, -0.2) is 24.4 Å². The van der Waals surface area contributed by atoms with Crippen LogP contribution in [0.1, 0.15) is 25.0 Å². The third-order valence-electron chi connectivity index (χ3n) is 3.49. The lowest BCUT2D eigenvalue weighted by Gasteiger charge is -2.21. The third-order valence-corrected chi connectivity index (χ3v) is 3.49. The SMILES string of the molecule is CCN(CC)c1ccc(C=Nc2ccc(C#N)cc2)c(O)c1. The van der Waals surface area contributed by atoms with Crippen molar-refractivity contribution in [2.24, 2.45) is 4.99 Å². The zero-order valence-electron chi connectivity index (χ0n) is 12.8. The number of nitriles is 1. The van der Waals surface area contributed by atoms with Gasteiger partial charge in [-0.15, -0.1) is 0 Å². The van der Waals surface area contributed by atoms with E-state index in [1.165, 1.54) is 0 Å². The molecule has 0 aliphatic carbocycles. The molecular formula is C18H19N3O. The molecule has 0 bridgehead atoms. The zero-order valence-corrected chi connectivity index (χ0v) is 12.8. The first-order valence-electron chi connectivity index (χ1n) is 7.30. The molecule has 0 unspecified atom stereocenters. The number of aliphatic imine (C=N–C) groups is 1. The molecular weight excluding hydrogens is 274 g/mol. The maximum Gasteiger partial charge on any atom is 0.126 e. The highest BCUT2D eigenvalue weighted by molar-refractivity contribution is 5.86. The highest BCUT2D eigenvalue weighted by Crippen LogP contribution is 2.24. The van der Waals surface area contributed by atoms with Crippen molar-refractivity contribution in [1.82, 2.24) is 0 Å². The molecule has 0 heterocycles. The molecule has 112 valence electrons. The maximum absolute atomic E-state index is 10.1. The Morgan fingerprint density at radius 1 is 1.14 bits per heavy atom. The van der Waals surface area contributed by atoms with E-state index in [1.807, 2.05) is 12.1 Å². The van der Waals surface area contributed by atoms with Crippen LogP contribution in [0.3, 0.4) is 0 Å².